The van der Waals surface area contributed by atoms with Crippen molar-refractivity contribution in [2.75, 3.05) is 70.7 Å². The van der Waals surface area contributed by atoms with Gasteiger partial charge < -0.3 is 40.2 Å². The minimum absolute atomic E-state index is 0.132. The first-order valence-electron chi connectivity index (χ1n) is 13.7. The summed E-state index contributed by atoms with van der Waals surface area (Å²) in [5.74, 6) is 2.54. The maximum atomic E-state index is 6.33. The first-order chi connectivity index (χ1) is 19.2. The molecule has 3 heterocycles. The molecule has 2 aromatic carbocycles. The molecule has 0 unspecified atom stereocenters. The van der Waals surface area contributed by atoms with E-state index in [4.69, 9.17) is 29.7 Å². The number of methoxy groups -OCH3 is 1. The van der Waals surface area contributed by atoms with Crippen LogP contribution in [0.4, 0.5) is 17.3 Å². The number of nitrogens with one attached hydrogen (secondary N) is 2. The normalized spacial score (nSPS) is 16.5. The van der Waals surface area contributed by atoms with Crippen molar-refractivity contribution < 1.29 is 18.9 Å². The van der Waals surface area contributed by atoms with Gasteiger partial charge in [-0.3, -0.25) is 0 Å². The third kappa shape index (κ3) is 7.50. The number of hydrogen-bond acceptors (Lipinski definition) is 10. The minimum atomic E-state index is 0.132. The van der Waals surface area contributed by atoms with E-state index in [1.165, 1.54) is 0 Å². The van der Waals surface area contributed by atoms with Gasteiger partial charge in [0, 0.05) is 69.1 Å². The number of nitrogen functional groups attached to an aromatic ring is 1. The molecule has 1 aromatic heterocycles. The second-order valence-electron chi connectivity index (χ2n) is 9.73. The average Bonchev–Trinajstić information content (AvgIpc) is 2.98. The van der Waals surface area contributed by atoms with Gasteiger partial charge in [-0.05, 0) is 42.8 Å². The molecule has 0 atom stereocenters. The van der Waals surface area contributed by atoms with E-state index in [0.29, 0.717) is 35.5 Å². The molecule has 0 radical (unpaired) electrons. The molecular weight excluding hydrogens is 496 g/mol. The fourth-order valence-electron chi connectivity index (χ4n) is 4.77. The summed E-state index contributed by atoms with van der Waals surface area (Å²) >= 11 is 0. The van der Waals surface area contributed by atoms with Crippen LogP contribution in [-0.4, -0.2) is 80.6 Å². The van der Waals surface area contributed by atoms with Crippen molar-refractivity contribution in [1.29, 1.82) is 0 Å². The summed E-state index contributed by atoms with van der Waals surface area (Å²) in [5, 5.41) is 6.67. The lowest BCUT2D eigenvalue weighted by Crippen LogP contribution is -2.43. The first kappa shape index (κ1) is 27.0. The third-order valence-electron chi connectivity index (χ3n) is 6.93. The highest BCUT2D eigenvalue weighted by Crippen LogP contribution is 2.32. The Hall–Kier alpha value is -3.60. The van der Waals surface area contributed by atoms with E-state index in [-0.39, 0.29) is 6.10 Å². The Labute approximate surface area is 229 Å². The molecule has 4 N–H and O–H groups in total. The number of ether oxygens (including phenoxy) is 4. The molecule has 39 heavy (non-hydrogen) atoms. The molecule has 10 heteroatoms. The molecule has 5 rings (SSSR count). The molecule has 208 valence electrons. The van der Waals surface area contributed by atoms with E-state index < -0.39 is 0 Å². The van der Waals surface area contributed by atoms with E-state index >= 15 is 0 Å². The van der Waals surface area contributed by atoms with Crippen molar-refractivity contribution in [2.24, 2.45) is 0 Å². The third-order valence-corrected chi connectivity index (χ3v) is 6.93. The largest absolute Gasteiger partial charge is 0.493 e. The Morgan fingerprint density at radius 3 is 2.67 bits per heavy atom. The van der Waals surface area contributed by atoms with Crippen LogP contribution >= 0.6 is 0 Å². The van der Waals surface area contributed by atoms with Crippen LogP contribution < -0.4 is 30.6 Å². The van der Waals surface area contributed by atoms with Gasteiger partial charge in [-0.15, -0.1) is 0 Å². The second kappa shape index (κ2) is 13.5. The van der Waals surface area contributed by atoms with Crippen LogP contribution in [-0.2, 0) is 4.74 Å². The maximum absolute atomic E-state index is 6.33. The number of piperazine rings is 1. The van der Waals surface area contributed by atoms with E-state index in [1.54, 1.807) is 13.3 Å². The van der Waals surface area contributed by atoms with Gasteiger partial charge >= 0.3 is 0 Å². The van der Waals surface area contributed by atoms with Crippen LogP contribution in [0.5, 0.6) is 17.2 Å². The van der Waals surface area contributed by atoms with Crippen LogP contribution in [0.2, 0.25) is 0 Å². The number of benzene rings is 2. The summed E-state index contributed by atoms with van der Waals surface area (Å²) in [6.45, 7) is 7.35. The van der Waals surface area contributed by atoms with E-state index in [9.17, 15) is 0 Å². The molecule has 2 aliphatic rings. The number of anilines is 3. The average molecular weight is 535 g/mol. The molecule has 2 saturated heterocycles. The minimum Gasteiger partial charge on any atom is -0.493 e. The van der Waals surface area contributed by atoms with Gasteiger partial charge in [-0.2, -0.15) is 0 Å². The maximum Gasteiger partial charge on any atom is 0.227 e. The van der Waals surface area contributed by atoms with E-state index in [2.05, 4.69) is 20.5 Å². The summed E-state index contributed by atoms with van der Waals surface area (Å²) in [5.41, 5.74) is 9.37. The van der Waals surface area contributed by atoms with Gasteiger partial charge in [0.2, 0.25) is 5.95 Å². The highest BCUT2D eigenvalue weighted by Gasteiger charge is 2.17. The highest BCUT2D eigenvalue weighted by atomic mass is 16.5. The van der Waals surface area contributed by atoms with Crippen LogP contribution in [0.1, 0.15) is 19.3 Å². The number of hydrogen-bond donors (Lipinski definition) is 3. The standard InChI is InChI=1S/C29H38N6O4/c1-36-27-6-4-22(20-28(27)38-16-2-13-35-14-11-31-12-15-35)33-29-32-10-7-25(34-29)21-3-5-26(24(30)19-21)39-23-8-17-37-18-9-23/h3-7,10,19-20,23,31H,2,8-9,11-18,30H2,1H3,(H,32,33,34). The second-order valence-corrected chi connectivity index (χ2v) is 9.73. The first-order valence-corrected chi connectivity index (χ1v) is 13.7. The molecule has 3 aromatic rings. The topological polar surface area (TPSA) is 116 Å². The molecule has 2 aliphatic heterocycles. The monoisotopic (exact) mass is 534 g/mol. The predicted octanol–water partition coefficient (Wildman–Crippen LogP) is 3.71. The summed E-state index contributed by atoms with van der Waals surface area (Å²) in [7, 11) is 1.65. The quantitative estimate of drug-likeness (QED) is 0.248. The zero-order valence-corrected chi connectivity index (χ0v) is 22.5. The van der Waals surface area contributed by atoms with Crippen molar-refractivity contribution in [2.45, 2.75) is 25.4 Å². The van der Waals surface area contributed by atoms with Gasteiger partial charge in [-0.1, -0.05) is 0 Å². The van der Waals surface area contributed by atoms with Crippen molar-refractivity contribution in [1.82, 2.24) is 20.2 Å². The molecule has 0 bridgehead atoms. The number of nitrogens with two attached hydrogens (primary N) is 1. The Kier molecular flexibility index (Phi) is 9.31. The van der Waals surface area contributed by atoms with Gasteiger partial charge in [0.05, 0.1) is 38.3 Å². The Morgan fingerprint density at radius 2 is 1.87 bits per heavy atom. The van der Waals surface area contributed by atoms with Gasteiger partial charge in [0.25, 0.3) is 0 Å². The SMILES string of the molecule is COc1ccc(Nc2nccc(-c3ccc(OC4CCOCC4)c(N)c3)n2)cc1OCCCN1CCNCC1. The molecular formula is C29H38N6O4. The Bertz CT molecular complexity index is 1210. The number of nitrogens with zero attached hydrogens (tertiary/aromatic N) is 3. The summed E-state index contributed by atoms with van der Waals surface area (Å²) in [6.07, 6.45) is 4.55. The summed E-state index contributed by atoms with van der Waals surface area (Å²) < 4.78 is 23.1. The van der Waals surface area contributed by atoms with Gasteiger partial charge in [-0.25, -0.2) is 9.97 Å². The molecule has 2 fully saturated rings. The number of aromatic nitrogens is 2. The Balaban J connectivity index is 1.21. The molecule has 0 aliphatic carbocycles. The zero-order chi connectivity index (χ0) is 26.9. The van der Waals surface area contributed by atoms with Gasteiger partial charge in [0.15, 0.2) is 11.5 Å². The lowest BCUT2D eigenvalue weighted by Gasteiger charge is -2.27. The zero-order valence-electron chi connectivity index (χ0n) is 22.5. The fraction of sp³-hybridized carbons (Fsp3) is 0.448. The van der Waals surface area contributed by atoms with Crippen molar-refractivity contribution in [3.8, 4) is 28.5 Å². The van der Waals surface area contributed by atoms with Crippen molar-refractivity contribution in [3.05, 3.63) is 48.7 Å². The Morgan fingerprint density at radius 1 is 1.05 bits per heavy atom. The fourth-order valence-corrected chi connectivity index (χ4v) is 4.77. The van der Waals surface area contributed by atoms with Crippen molar-refractivity contribution in [3.63, 3.8) is 0 Å². The van der Waals surface area contributed by atoms with Crippen LogP contribution in [0.3, 0.4) is 0 Å². The van der Waals surface area contributed by atoms with Crippen LogP contribution in [0.15, 0.2) is 48.7 Å². The predicted molar refractivity (Wildman–Crippen MR) is 152 cm³/mol. The lowest BCUT2D eigenvalue weighted by molar-refractivity contribution is 0.0259. The smallest absolute Gasteiger partial charge is 0.227 e. The lowest BCUT2D eigenvalue weighted by atomic mass is 10.1. The summed E-state index contributed by atoms with van der Waals surface area (Å²) in [4.78, 5) is 11.6. The molecule has 0 amide bonds. The van der Waals surface area contributed by atoms with Crippen LogP contribution in [0.25, 0.3) is 11.3 Å². The molecule has 10 nitrogen and oxygen atoms in total. The van der Waals surface area contributed by atoms with Crippen molar-refractivity contribution >= 4 is 17.3 Å². The highest BCUT2D eigenvalue weighted by molar-refractivity contribution is 5.69. The summed E-state index contributed by atoms with van der Waals surface area (Å²) in [6, 6.07) is 13.3. The van der Waals surface area contributed by atoms with E-state index in [1.807, 2.05) is 42.5 Å². The molecule has 0 spiro atoms. The van der Waals surface area contributed by atoms with Crippen LogP contribution in [0, 0.1) is 0 Å². The molecule has 0 saturated carbocycles. The van der Waals surface area contributed by atoms with Gasteiger partial charge in [0.1, 0.15) is 11.9 Å². The number of rotatable bonds is 11. The van der Waals surface area contributed by atoms with E-state index in [0.717, 1.165) is 82.1 Å².